The van der Waals surface area contributed by atoms with Crippen LogP contribution in [0.5, 0.6) is 5.75 Å². The molecule has 1 amide bonds. The molecule has 0 spiro atoms. The van der Waals surface area contributed by atoms with E-state index in [-0.39, 0.29) is 17.9 Å². The van der Waals surface area contributed by atoms with E-state index in [0.29, 0.717) is 18.8 Å². The number of aryl methyl sites for hydroxylation is 1. The van der Waals surface area contributed by atoms with E-state index >= 15 is 0 Å². The van der Waals surface area contributed by atoms with Crippen LogP contribution in [0.25, 0.3) is 0 Å². The molecule has 0 aromatic heterocycles. The number of piperidine rings is 1. The van der Waals surface area contributed by atoms with Crippen LogP contribution in [-0.2, 0) is 16.4 Å². The molecule has 4 rings (SSSR count). The third-order valence-electron chi connectivity index (χ3n) is 7.51. The number of alkyl halides is 3. The van der Waals surface area contributed by atoms with Crippen molar-refractivity contribution >= 4 is 5.91 Å². The second-order valence-corrected chi connectivity index (χ2v) is 10.4. The van der Waals surface area contributed by atoms with E-state index in [0.717, 1.165) is 56.3 Å². The summed E-state index contributed by atoms with van der Waals surface area (Å²) in [5.41, 5.74) is 1.17. The smallest absolute Gasteiger partial charge is 0.416 e. The quantitative estimate of drug-likeness (QED) is 0.503. The van der Waals surface area contributed by atoms with Crippen molar-refractivity contribution in [3.63, 3.8) is 0 Å². The molecule has 2 fully saturated rings. The van der Waals surface area contributed by atoms with Gasteiger partial charge in [0.2, 0.25) is 5.91 Å². The molecule has 4 nitrogen and oxygen atoms in total. The van der Waals surface area contributed by atoms with E-state index in [1.165, 1.54) is 17.7 Å². The zero-order valence-corrected chi connectivity index (χ0v) is 20.8. The molecule has 0 bridgehead atoms. The molecule has 7 heteroatoms. The lowest BCUT2D eigenvalue weighted by molar-refractivity contribution is -0.143. The average molecular weight is 489 g/mol. The lowest BCUT2D eigenvalue weighted by Gasteiger charge is -2.46. The number of carbonyl (C=O) groups excluding carboxylic acids is 1. The maximum absolute atomic E-state index is 13.8. The molecule has 0 radical (unpaired) electrons. The van der Waals surface area contributed by atoms with E-state index in [1.807, 2.05) is 23.9 Å². The third-order valence-corrected chi connectivity index (χ3v) is 7.51. The molecule has 1 saturated heterocycles. The van der Waals surface area contributed by atoms with E-state index in [1.54, 1.807) is 0 Å². The number of likely N-dealkylation sites (N-methyl/N-ethyl adjacent to an activating group) is 1. The van der Waals surface area contributed by atoms with Gasteiger partial charge in [0.25, 0.3) is 0 Å². The van der Waals surface area contributed by atoms with Crippen LogP contribution in [0, 0.1) is 12.8 Å². The second-order valence-electron chi connectivity index (χ2n) is 10.4. The van der Waals surface area contributed by atoms with Crippen molar-refractivity contribution < 1.29 is 22.7 Å². The molecular formula is C28H35F3N2O2. The Labute approximate surface area is 206 Å². The van der Waals surface area contributed by atoms with Gasteiger partial charge >= 0.3 is 6.18 Å². The number of ether oxygens (including phenoxy) is 1. The second kappa shape index (κ2) is 10.2. The number of hydrogen-bond donors (Lipinski definition) is 0. The van der Waals surface area contributed by atoms with Gasteiger partial charge in [0.15, 0.2) is 0 Å². The standard InChI is InChI=1S/C28H35F3N2O2/c1-20-7-9-22(10-8-20)27(15-5-16-27)26(34)33-17-4-6-21(18-33)25(19-32(2)3)35-24-13-11-23(12-14-24)28(29,30)31/h7-14,21,25H,4-6,15-19H2,1-3H3/t21-,25-/m1/s1. The van der Waals surface area contributed by atoms with Crippen molar-refractivity contribution in [3.8, 4) is 5.75 Å². The van der Waals surface area contributed by atoms with Gasteiger partial charge in [0.05, 0.1) is 11.0 Å². The molecule has 190 valence electrons. The predicted octanol–water partition coefficient (Wildman–Crippen LogP) is 5.68. The van der Waals surface area contributed by atoms with Gasteiger partial charge in [-0.25, -0.2) is 0 Å². The van der Waals surface area contributed by atoms with E-state index in [2.05, 4.69) is 31.2 Å². The molecule has 1 aliphatic heterocycles. The first-order chi connectivity index (χ1) is 16.6. The highest BCUT2D eigenvalue weighted by Gasteiger charge is 2.48. The highest BCUT2D eigenvalue weighted by atomic mass is 19.4. The van der Waals surface area contributed by atoms with E-state index in [4.69, 9.17) is 4.74 Å². The van der Waals surface area contributed by atoms with Crippen molar-refractivity contribution in [3.05, 3.63) is 65.2 Å². The van der Waals surface area contributed by atoms with Crippen molar-refractivity contribution in [2.45, 2.75) is 56.7 Å². The van der Waals surface area contributed by atoms with Gasteiger partial charge in [-0.05, 0) is 76.5 Å². The van der Waals surface area contributed by atoms with Crippen LogP contribution in [0.3, 0.4) is 0 Å². The van der Waals surface area contributed by atoms with Gasteiger partial charge in [-0.15, -0.1) is 0 Å². The first-order valence-corrected chi connectivity index (χ1v) is 12.4. The Bertz CT molecular complexity index is 998. The van der Waals surface area contributed by atoms with Crippen molar-refractivity contribution in [2.75, 3.05) is 33.7 Å². The summed E-state index contributed by atoms with van der Waals surface area (Å²) in [6.07, 6.45) is 0.00593. The lowest BCUT2D eigenvalue weighted by atomic mass is 9.63. The topological polar surface area (TPSA) is 32.8 Å². The van der Waals surface area contributed by atoms with Crippen molar-refractivity contribution in [1.29, 1.82) is 0 Å². The monoisotopic (exact) mass is 488 g/mol. The number of halogens is 3. The Balaban J connectivity index is 1.49. The molecule has 2 aromatic rings. The van der Waals surface area contributed by atoms with Crippen LogP contribution < -0.4 is 4.74 Å². The summed E-state index contributed by atoms with van der Waals surface area (Å²) in [4.78, 5) is 17.9. The van der Waals surface area contributed by atoms with Gasteiger partial charge in [-0.2, -0.15) is 13.2 Å². The Morgan fingerprint density at radius 2 is 1.74 bits per heavy atom. The van der Waals surface area contributed by atoms with Crippen LogP contribution in [0.1, 0.15) is 48.8 Å². The van der Waals surface area contributed by atoms with Crippen LogP contribution in [0.2, 0.25) is 0 Å². The summed E-state index contributed by atoms with van der Waals surface area (Å²) in [6, 6.07) is 13.2. The molecular weight excluding hydrogens is 453 g/mol. The molecule has 0 N–H and O–H groups in total. The third kappa shape index (κ3) is 5.66. The van der Waals surface area contributed by atoms with Crippen LogP contribution in [0.4, 0.5) is 13.2 Å². The van der Waals surface area contributed by atoms with Gasteiger partial charge < -0.3 is 14.5 Å². The minimum atomic E-state index is -4.37. The minimum Gasteiger partial charge on any atom is -0.489 e. The molecule has 2 atom stereocenters. The number of hydrogen-bond acceptors (Lipinski definition) is 3. The molecule has 2 aromatic carbocycles. The molecule has 0 unspecified atom stereocenters. The van der Waals surface area contributed by atoms with E-state index in [9.17, 15) is 18.0 Å². The maximum Gasteiger partial charge on any atom is 0.416 e. The van der Waals surface area contributed by atoms with Crippen molar-refractivity contribution in [2.24, 2.45) is 5.92 Å². The Kier molecular flexibility index (Phi) is 7.46. The summed E-state index contributed by atoms with van der Waals surface area (Å²) < 4.78 is 45.1. The van der Waals surface area contributed by atoms with Crippen LogP contribution in [0.15, 0.2) is 48.5 Å². The Morgan fingerprint density at radius 1 is 1.09 bits per heavy atom. The zero-order valence-electron chi connectivity index (χ0n) is 20.8. The summed E-state index contributed by atoms with van der Waals surface area (Å²) in [5, 5.41) is 0. The highest BCUT2D eigenvalue weighted by molar-refractivity contribution is 5.89. The average Bonchev–Trinajstić information content (AvgIpc) is 2.78. The first-order valence-electron chi connectivity index (χ1n) is 12.4. The molecule has 1 aliphatic carbocycles. The Hall–Kier alpha value is -2.54. The molecule has 1 saturated carbocycles. The molecule has 1 heterocycles. The maximum atomic E-state index is 13.8. The van der Waals surface area contributed by atoms with Gasteiger partial charge in [0, 0.05) is 25.6 Å². The number of likely N-dealkylation sites (tertiary alicyclic amines) is 1. The SMILES string of the molecule is Cc1ccc(C2(C(=O)N3CCC[C@@H]([C@@H](CN(C)C)Oc4ccc(C(F)(F)F)cc4)C3)CCC2)cc1. The van der Waals surface area contributed by atoms with Gasteiger partial charge in [0.1, 0.15) is 11.9 Å². The van der Waals surface area contributed by atoms with Gasteiger partial charge in [-0.1, -0.05) is 36.2 Å². The number of benzene rings is 2. The fourth-order valence-electron chi connectivity index (χ4n) is 5.37. The molecule has 2 aliphatic rings. The molecule has 35 heavy (non-hydrogen) atoms. The predicted molar refractivity (Wildman–Crippen MR) is 130 cm³/mol. The number of rotatable bonds is 7. The first kappa shape index (κ1) is 25.5. The van der Waals surface area contributed by atoms with E-state index < -0.39 is 17.2 Å². The summed E-state index contributed by atoms with van der Waals surface area (Å²) in [7, 11) is 3.91. The summed E-state index contributed by atoms with van der Waals surface area (Å²) in [6.45, 7) is 4.01. The van der Waals surface area contributed by atoms with Crippen LogP contribution >= 0.6 is 0 Å². The number of nitrogens with zero attached hydrogens (tertiary/aromatic N) is 2. The number of amides is 1. The van der Waals surface area contributed by atoms with Crippen molar-refractivity contribution in [1.82, 2.24) is 9.80 Å². The zero-order chi connectivity index (χ0) is 25.2. The van der Waals surface area contributed by atoms with Crippen LogP contribution in [-0.4, -0.2) is 55.5 Å². The summed E-state index contributed by atoms with van der Waals surface area (Å²) in [5.74, 6) is 0.728. The highest BCUT2D eigenvalue weighted by Crippen LogP contribution is 2.46. The number of carbonyl (C=O) groups is 1. The largest absolute Gasteiger partial charge is 0.489 e. The fraction of sp³-hybridized carbons (Fsp3) is 0.536. The summed E-state index contributed by atoms with van der Waals surface area (Å²) >= 11 is 0. The lowest BCUT2D eigenvalue weighted by Crippen LogP contribution is -2.55. The van der Waals surface area contributed by atoms with Gasteiger partial charge in [-0.3, -0.25) is 4.79 Å². The fourth-order valence-corrected chi connectivity index (χ4v) is 5.37. The normalized spacial score (nSPS) is 20.9. The Morgan fingerprint density at radius 3 is 2.29 bits per heavy atom. The minimum absolute atomic E-state index is 0.104.